The van der Waals surface area contributed by atoms with Crippen LogP contribution < -0.4 is 11.1 Å². The average molecular weight is 326 g/mol. The van der Waals surface area contributed by atoms with Gasteiger partial charge < -0.3 is 16.2 Å². The van der Waals surface area contributed by atoms with Crippen LogP contribution in [0.4, 0.5) is 21.6 Å². The van der Waals surface area contributed by atoms with Crippen LogP contribution in [0, 0.1) is 5.82 Å². The average Bonchev–Trinajstić information content (AvgIpc) is 2.36. The molecule has 19 heavy (non-hydrogen) atoms. The molecule has 1 aromatic carbocycles. The molecule has 0 aliphatic heterocycles. The van der Waals surface area contributed by atoms with Gasteiger partial charge in [0.2, 0.25) is 0 Å². The summed E-state index contributed by atoms with van der Waals surface area (Å²) in [7, 11) is 0. The molecule has 0 radical (unpaired) electrons. The van der Waals surface area contributed by atoms with Crippen molar-refractivity contribution in [2.24, 2.45) is 0 Å². The van der Waals surface area contributed by atoms with E-state index in [0.717, 1.165) is 0 Å². The van der Waals surface area contributed by atoms with E-state index in [2.05, 4.69) is 26.2 Å². The molecule has 1 aromatic heterocycles. The summed E-state index contributed by atoms with van der Waals surface area (Å²) in [6, 6.07) is 5.64. The second kappa shape index (κ2) is 5.23. The SMILES string of the molecule is Nc1cc(C(=O)O)cnc1Nc1ccc(F)c(Br)c1. The molecule has 0 atom stereocenters. The lowest BCUT2D eigenvalue weighted by Gasteiger charge is -2.09. The minimum atomic E-state index is -1.10. The Bertz CT molecular complexity index is 649. The summed E-state index contributed by atoms with van der Waals surface area (Å²) in [5.74, 6) is -1.17. The molecule has 0 bridgehead atoms. The van der Waals surface area contributed by atoms with E-state index in [9.17, 15) is 9.18 Å². The lowest BCUT2D eigenvalue weighted by Crippen LogP contribution is -2.04. The number of aromatic nitrogens is 1. The maximum atomic E-state index is 13.1. The number of anilines is 3. The first-order valence-corrected chi connectivity index (χ1v) is 5.97. The van der Waals surface area contributed by atoms with E-state index in [0.29, 0.717) is 16.0 Å². The molecule has 0 aliphatic rings. The number of hydrogen-bond donors (Lipinski definition) is 3. The molecule has 0 unspecified atom stereocenters. The molecule has 5 nitrogen and oxygen atoms in total. The first kappa shape index (κ1) is 13.3. The molecule has 0 spiro atoms. The van der Waals surface area contributed by atoms with Crippen molar-refractivity contribution >= 4 is 39.1 Å². The predicted octanol–water partition coefficient (Wildman–Crippen LogP) is 3.01. The molecule has 4 N–H and O–H groups in total. The van der Waals surface area contributed by atoms with Crippen LogP contribution in [0.25, 0.3) is 0 Å². The molecule has 7 heteroatoms. The topological polar surface area (TPSA) is 88.2 Å². The highest BCUT2D eigenvalue weighted by Gasteiger charge is 2.08. The van der Waals surface area contributed by atoms with Crippen LogP contribution in [0.15, 0.2) is 34.9 Å². The molecule has 1 heterocycles. The van der Waals surface area contributed by atoms with Crippen LogP contribution in [0.3, 0.4) is 0 Å². The Balaban J connectivity index is 2.28. The van der Waals surface area contributed by atoms with Crippen molar-refractivity contribution < 1.29 is 14.3 Å². The number of hydrogen-bond acceptors (Lipinski definition) is 4. The van der Waals surface area contributed by atoms with Crippen molar-refractivity contribution in [3.05, 3.63) is 46.3 Å². The summed E-state index contributed by atoms with van der Waals surface area (Å²) >= 11 is 3.06. The van der Waals surface area contributed by atoms with Crippen molar-refractivity contribution in [3.63, 3.8) is 0 Å². The summed E-state index contributed by atoms with van der Waals surface area (Å²) in [5.41, 5.74) is 6.48. The first-order valence-electron chi connectivity index (χ1n) is 5.18. The molecule has 0 aliphatic carbocycles. The molecule has 0 saturated carbocycles. The minimum absolute atomic E-state index is 0.00309. The van der Waals surface area contributed by atoms with Crippen LogP contribution in [-0.4, -0.2) is 16.1 Å². The van der Waals surface area contributed by atoms with E-state index in [1.165, 1.54) is 30.5 Å². The van der Waals surface area contributed by atoms with Crippen molar-refractivity contribution in [2.75, 3.05) is 11.1 Å². The van der Waals surface area contributed by atoms with E-state index < -0.39 is 5.97 Å². The monoisotopic (exact) mass is 325 g/mol. The third-order valence-electron chi connectivity index (χ3n) is 2.35. The number of nitrogens with two attached hydrogens (primary N) is 1. The molecular formula is C12H9BrFN3O2. The highest BCUT2D eigenvalue weighted by atomic mass is 79.9. The number of carboxylic acid groups (broad SMARTS) is 1. The summed E-state index contributed by atoms with van der Waals surface area (Å²) in [5, 5.41) is 11.7. The van der Waals surface area contributed by atoms with Gasteiger partial charge in [-0.25, -0.2) is 14.2 Å². The second-order valence-corrected chi connectivity index (χ2v) is 4.58. The quantitative estimate of drug-likeness (QED) is 0.807. The fourth-order valence-corrected chi connectivity index (χ4v) is 1.79. The van der Waals surface area contributed by atoms with Crippen molar-refractivity contribution in [2.45, 2.75) is 0 Å². The summed E-state index contributed by atoms with van der Waals surface area (Å²) in [6.45, 7) is 0. The standard InChI is InChI=1S/C12H9BrFN3O2/c13-8-4-7(1-2-9(8)14)17-11-10(15)3-6(5-16-11)12(18)19/h1-5H,15H2,(H,16,17)(H,18,19). The lowest BCUT2D eigenvalue weighted by atomic mass is 10.2. The zero-order valence-electron chi connectivity index (χ0n) is 9.52. The van der Waals surface area contributed by atoms with E-state index in [1.807, 2.05) is 0 Å². The van der Waals surface area contributed by atoms with Crippen molar-refractivity contribution in [1.29, 1.82) is 0 Å². The van der Waals surface area contributed by atoms with Gasteiger partial charge in [-0.3, -0.25) is 0 Å². The van der Waals surface area contributed by atoms with Gasteiger partial charge in [0.1, 0.15) is 5.82 Å². The van der Waals surface area contributed by atoms with Crippen LogP contribution in [0.2, 0.25) is 0 Å². The van der Waals surface area contributed by atoms with Gasteiger partial charge in [0, 0.05) is 11.9 Å². The normalized spacial score (nSPS) is 10.2. The number of nitrogen functional groups attached to an aromatic ring is 1. The number of aromatic carboxylic acids is 1. The Morgan fingerprint density at radius 3 is 2.74 bits per heavy atom. The van der Waals surface area contributed by atoms with E-state index >= 15 is 0 Å². The summed E-state index contributed by atoms with van der Waals surface area (Å²) in [6.07, 6.45) is 1.19. The number of nitrogens with one attached hydrogen (secondary N) is 1. The lowest BCUT2D eigenvalue weighted by molar-refractivity contribution is 0.0696. The van der Waals surface area contributed by atoms with E-state index in [-0.39, 0.29) is 17.1 Å². The van der Waals surface area contributed by atoms with Gasteiger partial charge in [0.15, 0.2) is 5.82 Å². The number of halogens is 2. The molecular weight excluding hydrogens is 317 g/mol. The van der Waals surface area contributed by atoms with Crippen LogP contribution in [-0.2, 0) is 0 Å². The van der Waals surface area contributed by atoms with Crippen LogP contribution in [0.1, 0.15) is 10.4 Å². The highest BCUT2D eigenvalue weighted by molar-refractivity contribution is 9.10. The highest BCUT2D eigenvalue weighted by Crippen LogP contribution is 2.25. The minimum Gasteiger partial charge on any atom is -0.478 e. The largest absolute Gasteiger partial charge is 0.478 e. The molecule has 0 fully saturated rings. The van der Waals surface area contributed by atoms with Crippen molar-refractivity contribution in [1.82, 2.24) is 4.98 Å². The van der Waals surface area contributed by atoms with Gasteiger partial charge in [-0.2, -0.15) is 0 Å². The van der Waals surface area contributed by atoms with Gasteiger partial charge in [0.25, 0.3) is 0 Å². The zero-order valence-corrected chi connectivity index (χ0v) is 11.1. The number of benzene rings is 1. The molecule has 2 aromatic rings. The molecule has 0 saturated heterocycles. The smallest absolute Gasteiger partial charge is 0.337 e. The van der Waals surface area contributed by atoms with Gasteiger partial charge in [0.05, 0.1) is 15.7 Å². The van der Waals surface area contributed by atoms with Crippen LogP contribution in [0.5, 0.6) is 0 Å². The molecule has 0 amide bonds. The van der Waals surface area contributed by atoms with Gasteiger partial charge in [-0.05, 0) is 40.2 Å². The van der Waals surface area contributed by atoms with Crippen molar-refractivity contribution in [3.8, 4) is 0 Å². The van der Waals surface area contributed by atoms with E-state index in [4.69, 9.17) is 10.8 Å². The molecule has 2 rings (SSSR count). The number of nitrogens with zero attached hydrogens (tertiary/aromatic N) is 1. The summed E-state index contributed by atoms with van der Waals surface area (Å²) in [4.78, 5) is 14.7. The number of rotatable bonds is 3. The van der Waals surface area contributed by atoms with Crippen LogP contribution >= 0.6 is 15.9 Å². The van der Waals surface area contributed by atoms with E-state index in [1.54, 1.807) is 0 Å². The Morgan fingerprint density at radius 2 is 2.16 bits per heavy atom. The fourth-order valence-electron chi connectivity index (χ4n) is 1.41. The second-order valence-electron chi connectivity index (χ2n) is 3.72. The Hall–Kier alpha value is -2.15. The Morgan fingerprint density at radius 1 is 1.42 bits per heavy atom. The van der Waals surface area contributed by atoms with Gasteiger partial charge in [-0.1, -0.05) is 0 Å². The van der Waals surface area contributed by atoms with Gasteiger partial charge >= 0.3 is 5.97 Å². The first-order chi connectivity index (χ1) is 8.97. The maximum Gasteiger partial charge on any atom is 0.337 e. The fraction of sp³-hybridized carbons (Fsp3) is 0. The summed E-state index contributed by atoms with van der Waals surface area (Å²) < 4.78 is 13.4. The zero-order chi connectivity index (χ0) is 14.0. The Kier molecular flexibility index (Phi) is 3.66. The predicted molar refractivity (Wildman–Crippen MR) is 73.0 cm³/mol. The third-order valence-corrected chi connectivity index (χ3v) is 2.95. The third kappa shape index (κ3) is 3.00. The number of carbonyl (C=O) groups is 1. The molecule has 98 valence electrons. The maximum absolute atomic E-state index is 13.1. The Labute approximate surface area is 116 Å². The number of pyridine rings is 1. The number of carboxylic acids is 1. The van der Waals surface area contributed by atoms with Gasteiger partial charge in [-0.15, -0.1) is 0 Å².